The van der Waals surface area contributed by atoms with Crippen LogP contribution < -0.4 is 4.90 Å². The number of anilines is 1. The van der Waals surface area contributed by atoms with Crippen molar-refractivity contribution in [2.75, 3.05) is 4.90 Å². The fraction of sp³-hybridized carbons (Fsp3) is 0.458. The number of nitrogens with zero attached hydrogens (tertiary/aromatic N) is 1. The molecule has 0 aliphatic carbocycles. The van der Waals surface area contributed by atoms with Gasteiger partial charge >= 0.3 is 7.12 Å². The molecule has 0 saturated carbocycles. The number of aryl methyl sites for hydroxylation is 1. The molecular weight excluding hydrogens is 380 g/mol. The van der Waals surface area contributed by atoms with Crippen molar-refractivity contribution in [1.82, 2.24) is 0 Å². The number of halogens is 1. The van der Waals surface area contributed by atoms with Gasteiger partial charge in [0.2, 0.25) is 5.91 Å². The van der Waals surface area contributed by atoms with E-state index in [1.807, 2.05) is 53.7 Å². The van der Waals surface area contributed by atoms with Crippen LogP contribution >= 0.6 is 0 Å². The van der Waals surface area contributed by atoms with Crippen molar-refractivity contribution in [3.8, 4) is 0 Å². The summed E-state index contributed by atoms with van der Waals surface area (Å²) in [5.74, 6) is -0.268. The molecule has 158 valence electrons. The van der Waals surface area contributed by atoms with Gasteiger partial charge in [-0.2, -0.15) is 0 Å². The number of fused-ring (bicyclic) bond motifs is 1. The standard InChI is InChI=1S/C24H29BFNO3/c1-16-7-12-20-19(13-16)24(6,15-25-29-22(2,3)23(4,5)30-25)21(28)27(20)14-17-8-10-18(26)11-9-17/h7-13H,14-15H2,1-6H3. The number of carbonyl (C=O) groups is 1. The lowest BCUT2D eigenvalue weighted by Crippen LogP contribution is -2.41. The van der Waals surface area contributed by atoms with E-state index in [4.69, 9.17) is 9.31 Å². The van der Waals surface area contributed by atoms with Gasteiger partial charge < -0.3 is 14.2 Å². The maximum absolute atomic E-state index is 13.7. The molecule has 0 spiro atoms. The molecule has 6 heteroatoms. The topological polar surface area (TPSA) is 38.8 Å². The first-order valence-corrected chi connectivity index (χ1v) is 10.5. The van der Waals surface area contributed by atoms with Crippen molar-refractivity contribution in [2.45, 2.75) is 71.0 Å². The van der Waals surface area contributed by atoms with Gasteiger partial charge in [0.15, 0.2) is 0 Å². The summed E-state index contributed by atoms with van der Waals surface area (Å²) in [5.41, 5.74) is 2.22. The second-order valence-corrected chi connectivity index (χ2v) is 9.76. The van der Waals surface area contributed by atoms with Crippen molar-refractivity contribution in [3.05, 3.63) is 65.0 Å². The molecule has 30 heavy (non-hydrogen) atoms. The normalized spacial score (nSPS) is 24.4. The molecule has 1 unspecified atom stereocenters. The number of hydrogen-bond acceptors (Lipinski definition) is 3. The van der Waals surface area contributed by atoms with Gasteiger partial charge in [0.25, 0.3) is 0 Å². The molecular formula is C24H29BFNO3. The molecule has 4 rings (SSSR count). The number of amides is 1. The molecule has 2 heterocycles. The largest absolute Gasteiger partial charge is 0.459 e. The lowest BCUT2D eigenvalue weighted by atomic mass is 9.66. The van der Waals surface area contributed by atoms with Gasteiger partial charge in [0.05, 0.1) is 23.2 Å². The van der Waals surface area contributed by atoms with Crippen LogP contribution in [0.5, 0.6) is 0 Å². The molecule has 1 fully saturated rings. The summed E-state index contributed by atoms with van der Waals surface area (Å²) in [5, 5.41) is 0. The maximum atomic E-state index is 13.7. The Balaban J connectivity index is 1.68. The molecule has 2 aromatic rings. The summed E-state index contributed by atoms with van der Waals surface area (Å²) in [6.07, 6.45) is 0.440. The minimum absolute atomic E-state index is 0.0159. The third kappa shape index (κ3) is 3.36. The minimum atomic E-state index is -0.761. The van der Waals surface area contributed by atoms with Crippen LogP contribution in [0, 0.1) is 12.7 Å². The predicted octanol–water partition coefficient (Wildman–Crippen LogP) is 5.03. The van der Waals surface area contributed by atoms with Crippen molar-refractivity contribution in [3.63, 3.8) is 0 Å². The van der Waals surface area contributed by atoms with E-state index in [1.54, 1.807) is 17.0 Å². The molecule has 2 aliphatic heterocycles. The average molecular weight is 409 g/mol. The summed E-state index contributed by atoms with van der Waals surface area (Å²) >= 11 is 0. The van der Waals surface area contributed by atoms with E-state index in [0.717, 1.165) is 22.4 Å². The van der Waals surface area contributed by atoms with Gasteiger partial charge in [-0.3, -0.25) is 4.79 Å². The van der Waals surface area contributed by atoms with Gasteiger partial charge in [-0.05, 0) is 70.9 Å². The van der Waals surface area contributed by atoms with Gasteiger partial charge in [0, 0.05) is 12.0 Å². The highest BCUT2D eigenvalue weighted by molar-refractivity contribution is 6.47. The van der Waals surface area contributed by atoms with Crippen LogP contribution in [0.1, 0.15) is 51.3 Å². The maximum Gasteiger partial charge on any atom is 0.459 e. The summed E-state index contributed by atoms with van der Waals surface area (Å²) in [6.45, 7) is 12.5. The summed E-state index contributed by atoms with van der Waals surface area (Å²) < 4.78 is 25.8. The lowest BCUT2D eigenvalue weighted by molar-refractivity contribution is -0.122. The fourth-order valence-corrected chi connectivity index (χ4v) is 4.36. The smallest absolute Gasteiger partial charge is 0.403 e. The van der Waals surface area contributed by atoms with Crippen LogP contribution in [0.25, 0.3) is 0 Å². The highest BCUT2D eigenvalue weighted by Crippen LogP contribution is 2.48. The Morgan fingerprint density at radius 2 is 1.57 bits per heavy atom. The molecule has 4 nitrogen and oxygen atoms in total. The molecule has 1 amide bonds. The number of rotatable bonds is 4. The quantitative estimate of drug-likeness (QED) is 0.665. The molecule has 0 bridgehead atoms. The molecule has 0 radical (unpaired) electrons. The second kappa shape index (κ2) is 6.93. The zero-order valence-corrected chi connectivity index (χ0v) is 18.6. The number of benzene rings is 2. The Bertz CT molecular complexity index is 972. The van der Waals surface area contributed by atoms with Gasteiger partial charge in [-0.15, -0.1) is 0 Å². The van der Waals surface area contributed by atoms with E-state index < -0.39 is 23.7 Å². The number of carbonyl (C=O) groups excluding carboxylic acids is 1. The summed E-state index contributed by atoms with van der Waals surface area (Å²) in [6, 6.07) is 12.4. The first-order chi connectivity index (χ1) is 13.9. The highest BCUT2D eigenvalue weighted by atomic mass is 19.1. The molecule has 2 aromatic carbocycles. The molecule has 2 aliphatic rings. The third-order valence-corrected chi connectivity index (χ3v) is 6.89. The van der Waals surface area contributed by atoms with Crippen LogP contribution in [0.4, 0.5) is 10.1 Å². The Kier molecular flexibility index (Phi) is 4.86. The second-order valence-electron chi connectivity index (χ2n) is 9.76. The molecule has 1 atom stereocenters. The Morgan fingerprint density at radius 3 is 2.17 bits per heavy atom. The van der Waals surface area contributed by atoms with E-state index in [9.17, 15) is 9.18 Å². The van der Waals surface area contributed by atoms with Gasteiger partial charge in [0.1, 0.15) is 5.82 Å². The minimum Gasteiger partial charge on any atom is -0.403 e. The SMILES string of the molecule is Cc1ccc2c(c1)C(C)(CB1OC(C)(C)C(C)(C)O1)C(=O)N2Cc1ccc(F)cc1. The highest BCUT2D eigenvalue weighted by Gasteiger charge is 2.56. The van der Waals surface area contributed by atoms with Crippen molar-refractivity contribution in [2.24, 2.45) is 0 Å². The van der Waals surface area contributed by atoms with Gasteiger partial charge in [-0.25, -0.2) is 4.39 Å². The Hall–Kier alpha value is -2.18. The summed E-state index contributed by atoms with van der Waals surface area (Å²) in [7, 11) is -0.469. The van der Waals surface area contributed by atoms with Crippen LogP contribution in [0.15, 0.2) is 42.5 Å². The van der Waals surface area contributed by atoms with Crippen molar-refractivity contribution >= 4 is 18.7 Å². The number of hydrogen-bond donors (Lipinski definition) is 0. The lowest BCUT2D eigenvalue weighted by Gasteiger charge is -2.32. The fourth-order valence-electron chi connectivity index (χ4n) is 4.36. The monoisotopic (exact) mass is 409 g/mol. The third-order valence-electron chi connectivity index (χ3n) is 6.89. The van der Waals surface area contributed by atoms with Crippen LogP contribution in [-0.4, -0.2) is 24.2 Å². The molecule has 0 aromatic heterocycles. The average Bonchev–Trinajstić information content (AvgIpc) is 2.97. The molecule has 0 N–H and O–H groups in total. The Morgan fingerprint density at radius 1 is 0.967 bits per heavy atom. The predicted molar refractivity (Wildman–Crippen MR) is 117 cm³/mol. The van der Waals surface area contributed by atoms with E-state index >= 15 is 0 Å². The van der Waals surface area contributed by atoms with Crippen molar-refractivity contribution < 1.29 is 18.5 Å². The first kappa shape index (κ1) is 21.1. The zero-order chi connectivity index (χ0) is 21.9. The van der Waals surface area contributed by atoms with E-state index in [2.05, 4.69) is 6.07 Å². The van der Waals surface area contributed by atoms with E-state index in [1.165, 1.54) is 12.1 Å². The van der Waals surface area contributed by atoms with E-state index in [-0.39, 0.29) is 11.7 Å². The molecule has 1 saturated heterocycles. The van der Waals surface area contributed by atoms with Crippen LogP contribution in [-0.2, 0) is 26.1 Å². The van der Waals surface area contributed by atoms with Crippen LogP contribution in [0.3, 0.4) is 0 Å². The van der Waals surface area contributed by atoms with Gasteiger partial charge in [-0.1, -0.05) is 29.8 Å². The zero-order valence-electron chi connectivity index (χ0n) is 18.6. The summed E-state index contributed by atoms with van der Waals surface area (Å²) in [4.78, 5) is 15.5. The van der Waals surface area contributed by atoms with E-state index in [0.29, 0.717) is 12.9 Å². The van der Waals surface area contributed by atoms with Crippen LogP contribution in [0.2, 0.25) is 6.32 Å². The Labute approximate surface area is 178 Å². The first-order valence-electron chi connectivity index (χ1n) is 10.5. The van der Waals surface area contributed by atoms with Crippen molar-refractivity contribution in [1.29, 1.82) is 0 Å².